The van der Waals surface area contributed by atoms with Crippen LogP contribution in [-0.2, 0) is 0 Å². The average molecular weight is 312 g/mol. The van der Waals surface area contributed by atoms with Crippen LogP contribution >= 0.6 is 15.9 Å². The Kier molecular flexibility index (Phi) is 3.95. The number of rotatable bonds is 1. The topological polar surface area (TPSA) is 40.5 Å². The fourth-order valence-corrected chi connectivity index (χ4v) is 2.66. The van der Waals surface area contributed by atoms with Gasteiger partial charge >= 0.3 is 0 Å². The largest absolute Gasteiger partial charge is 0.507 e. The van der Waals surface area contributed by atoms with Gasteiger partial charge in [0.15, 0.2) is 0 Å². The Morgan fingerprint density at radius 3 is 2.78 bits per heavy atom. The molecule has 98 valence electrons. The van der Waals surface area contributed by atoms with Crippen molar-refractivity contribution in [1.29, 1.82) is 0 Å². The van der Waals surface area contributed by atoms with Crippen LogP contribution in [0.5, 0.6) is 5.75 Å². The Bertz CT molecular complexity index is 461. The molecule has 2 atom stereocenters. The number of hydrogen-bond acceptors (Lipinski definition) is 2. The van der Waals surface area contributed by atoms with Crippen LogP contribution in [0, 0.1) is 11.8 Å². The molecule has 0 bridgehead atoms. The van der Waals surface area contributed by atoms with E-state index in [0.717, 1.165) is 24.0 Å². The van der Waals surface area contributed by atoms with Crippen molar-refractivity contribution in [2.75, 3.05) is 13.1 Å². The molecule has 1 fully saturated rings. The third-order valence-electron chi connectivity index (χ3n) is 3.81. The zero-order valence-electron chi connectivity index (χ0n) is 10.7. The smallest absolute Gasteiger partial charge is 0.257 e. The molecule has 1 amide bonds. The van der Waals surface area contributed by atoms with Gasteiger partial charge in [0.25, 0.3) is 5.91 Å². The summed E-state index contributed by atoms with van der Waals surface area (Å²) < 4.78 is 0.807. The number of likely N-dealkylation sites (tertiary alicyclic amines) is 1. The molecular formula is C14H18BrNO2. The maximum Gasteiger partial charge on any atom is 0.257 e. The van der Waals surface area contributed by atoms with E-state index in [-0.39, 0.29) is 11.7 Å². The first kappa shape index (κ1) is 13.4. The van der Waals surface area contributed by atoms with Crippen molar-refractivity contribution in [3.05, 3.63) is 28.2 Å². The number of phenolic OH excluding ortho intramolecular Hbond substituents is 1. The summed E-state index contributed by atoms with van der Waals surface area (Å²) in [5.41, 5.74) is 0.381. The highest BCUT2D eigenvalue weighted by molar-refractivity contribution is 9.10. The Balaban J connectivity index is 2.19. The molecule has 1 saturated heterocycles. The normalized spacial score (nSPS) is 24.1. The number of hydrogen-bond donors (Lipinski definition) is 1. The number of aromatic hydroxyl groups is 1. The van der Waals surface area contributed by atoms with Crippen molar-refractivity contribution < 1.29 is 9.90 Å². The Labute approximate surface area is 116 Å². The number of amides is 1. The molecule has 0 saturated carbocycles. The van der Waals surface area contributed by atoms with Gasteiger partial charge in [0.2, 0.25) is 0 Å². The van der Waals surface area contributed by atoms with Crippen LogP contribution in [0.15, 0.2) is 22.7 Å². The highest BCUT2D eigenvalue weighted by Gasteiger charge is 2.27. The highest BCUT2D eigenvalue weighted by atomic mass is 79.9. The maximum absolute atomic E-state index is 12.4. The van der Waals surface area contributed by atoms with E-state index in [9.17, 15) is 9.90 Å². The lowest BCUT2D eigenvalue weighted by Gasteiger charge is -2.35. The molecule has 3 nitrogen and oxygen atoms in total. The Morgan fingerprint density at radius 2 is 2.11 bits per heavy atom. The lowest BCUT2D eigenvalue weighted by molar-refractivity contribution is 0.0624. The molecule has 0 aromatic heterocycles. The molecule has 0 spiro atoms. The van der Waals surface area contributed by atoms with Gasteiger partial charge in [-0.3, -0.25) is 4.79 Å². The second kappa shape index (κ2) is 5.31. The van der Waals surface area contributed by atoms with E-state index in [0.29, 0.717) is 17.4 Å². The zero-order valence-corrected chi connectivity index (χ0v) is 12.3. The van der Waals surface area contributed by atoms with E-state index < -0.39 is 0 Å². The third-order valence-corrected chi connectivity index (χ3v) is 4.30. The number of halogens is 1. The fourth-order valence-electron chi connectivity index (χ4n) is 2.30. The van der Waals surface area contributed by atoms with Gasteiger partial charge < -0.3 is 10.0 Å². The SMILES string of the molecule is CC1CCN(C(=O)c2cc(Br)ccc2O)CC1C. The summed E-state index contributed by atoms with van der Waals surface area (Å²) in [6, 6.07) is 4.96. The van der Waals surface area contributed by atoms with Crippen LogP contribution in [0.3, 0.4) is 0 Å². The maximum atomic E-state index is 12.4. The number of piperidine rings is 1. The molecule has 0 radical (unpaired) electrons. The zero-order chi connectivity index (χ0) is 13.3. The van der Waals surface area contributed by atoms with Crippen molar-refractivity contribution >= 4 is 21.8 Å². The van der Waals surface area contributed by atoms with Gasteiger partial charge in [-0.1, -0.05) is 29.8 Å². The van der Waals surface area contributed by atoms with E-state index in [1.165, 1.54) is 0 Å². The molecule has 2 rings (SSSR count). The van der Waals surface area contributed by atoms with Crippen LogP contribution in [0.25, 0.3) is 0 Å². The Morgan fingerprint density at radius 1 is 1.39 bits per heavy atom. The lowest BCUT2D eigenvalue weighted by Crippen LogP contribution is -2.42. The molecule has 18 heavy (non-hydrogen) atoms. The summed E-state index contributed by atoms with van der Waals surface area (Å²) in [4.78, 5) is 14.2. The minimum absolute atomic E-state index is 0.0504. The van der Waals surface area contributed by atoms with Crippen LogP contribution in [0.1, 0.15) is 30.6 Å². The molecule has 1 aromatic rings. The fraction of sp³-hybridized carbons (Fsp3) is 0.500. The van der Waals surface area contributed by atoms with Gasteiger partial charge in [0.1, 0.15) is 5.75 Å². The first-order chi connectivity index (χ1) is 8.49. The van der Waals surface area contributed by atoms with E-state index in [2.05, 4.69) is 29.8 Å². The van der Waals surface area contributed by atoms with E-state index >= 15 is 0 Å². The molecule has 1 aromatic carbocycles. The van der Waals surface area contributed by atoms with Crippen LogP contribution in [0.4, 0.5) is 0 Å². The predicted octanol–water partition coefficient (Wildman–Crippen LogP) is 3.27. The summed E-state index contributed by atoms with van der Waals surface area (Å²) >= 11 is 3.33. The molecule has 1 aliphatic heterocycles. The van der Waals surface area contributed by atoms with Gasteiger partial charge in [-0.2, -0.15) is 0 Å². The van der Waals surface area contributed by atoms with Gasteiger partial charge in [0, 0.05) is 17.6 Å². The molecule has 1 N–H and O–H groups in total. The minimum atomic E-state index is -0.0763. The van der Waals surface area contributed by atoms with Crippen molar-refractivity contribution in [3.8, 4) is 5.75 Å². The van der Waals surface area contributed by atoms with Crippen molar-refractivity contribution in [2.45, 2.75) is 20.3 Å². The second-order valence-electron chi connectivity index (χ2n) is 5.16. The summed E-state index contributed by atoms with van der Waals surface area (Å²) in [6.45, 7) is 5.94. The first-order valence-corrected chi connectivity index (χ1v) is 7.06. The molecule has 1 heterocycles. The molecular weight excluding hydrogens is 294 g/mol. The number of carbonyl (C=O) groups excluding carboxylic acids is 1. The number of nitrogens with zero attached hydrogens (tertiary/aromatic N) is 1. The molecule has 0 aliphatic carbocycles. The van der Waals surface area contributed by atoms with E-state index in [1.807, 2.05) is 4.90 Å². The number of phenols is 1. The monoisotopic (exact) mass is 311 g/mol. The van der Waals surface area contributed by atoms with Crippen molar-refractivity contribution in [3.63, 3.8) is 0 Å². The van der Waals surface area contributed by atoms with Crippen LogP contribution in [-0.4, -0.2) is 29.0 Å². The standard InChI is InChI=1S/C14H18BrNO2/c1-9-5-6-16(8-10(9)2)14(18)12-7-11(15)3-4-13(12)17/h3-4,7,9-10,17H,5-6,8H2,1-2H3. The third kappa shape index (κ3) is 2.69. The molecule has 4 heteroatoms. The molecule has 2 unspecified atom stereocenters. The van der Waals surface area contributed by atoms with E-state index in [4.69, 9.17) is 0 Å². The van der Waals surface area contributed by atoms with Crippen LogP contribution in [0.2, 0.25) is 0 Å². The van der Waals surface area contributed by atoms with Crippen molar-refractivity contribution in [2.24, 2.45) is 11.8 Å². The summed E-state index contributed by atoms with van der Waals surface area (Å²) in [7, 11) is 0. The number of carbonyl (C=O) groups is 1. The summed E-state index contributed by atoms with van der Waals surface area (Å²) in [5, 5.41) is 9.79. The van der Waals surface area contributed by atoms with E-state index in [1.54, 1.807) is 18.2 Å². The Hall–Kier alpha value is -1.03. The van der Waals surface area contributed by atoms with Gasteiger partial charge in [-0.25, -0.2) is 0 Å². The van der Waals surface area contributed by atoms with Gasteiger partial charge in [-0.15, -0.1) is 0 Å². The molecule has 1 aliphatic rings. The quantitative estimate of drug-likeness (QED) is 0.864. The van der Waals surface area contributed by atoms with Crippen LogP contribution < -0.4 is 0 Å². The predicted molar refractivity (Wildman–Crippen MR) is 74.7 cm³/mol. The highest BCUT2D eigenvalue weighted by Crippen LogP contribution is 2.27. The second-order valence-corrected chi connectivity index (χ2v) is 6.07. The first-order valence-electron chi connectivity index (χ1n) is 6.27. The van der Waals surface area contributed by atoms with Gasteiger partial charge in [0.05, 0.1) is 5.56 Å². The summed E-state index contributed by atoms with van der Waals surface area (Å²) in [6.07, 6.45) is 1.03. The number of benzene rings is 1. The average Bonchev–Trinajstić information content (AvgIpc) is 2.35. The van der Waals surface area contributed by atoms with Gasteiger partial charge in [-0.05, 0) is 36.5 Å². The minimum Gasteiger partial charge on any atom is -0.507 e. The summed E-state index contributed by atoms with van der Waals surface area (Å²) in [5.74, 6) is 1.14. The lowest BCUT2D eigenvalue weighted by atomic mass is 9.88. The van der Waals surface area contributed by atoms with Crippen molar-refractivity contribution in [1.82, 2.24) is 4.90 Å².